The average Bonchev–Trinajstić information content (AvgIpc) is 2.72. The number of aromatic nitrogens is 1. The molecule has 0 amide bonds. The Morgan fingerprint density at radius 1 is 1.16 bits per heavy atom. The molecule has 0 radical (unpaired) electrons. The minimum atomic E-state index is -0.209. The number of aryl methyl sites for hydroxylation is 1. The van der Waals surface area contributed by atoms with Crippen LogP contribution in [0.15, 0.2) is 42.5 Å². The molecule has 2 aromatic carbocycles. The molecule has 0 N–H and O–H groups in total. The molecule has 0 spiro atoms. The van der Waals surface area contributed by atoms with E-state index >= 15 is 0 Å². The fourth-order valence-electron chi connectivity index (χ4n) is 2.92. The van der Waals surface area contributed by atoms with Crippen LogP contribution in [0.4, 0.5) is 4.39 Å². The third-order valence-electron chi connectivity index (χ3n) is 3.78. The van der Waals surface area contributed by atoms with Crippen LogP contribution in [0.5, 0.6) is 5.75 Å². The third kappa shape index (κ3) is 1.35. The summed E-state index contributed by atoms with van der Waals surface area (Å²) in [6.07, 6.45) is 0. The Bertz CT molecular complexity index is 804. The van der Waals surface area contributed by atoms with Crippen molar-refractivity contribution in [3.05, 3.63) is 53.8 Å². The first-order valence-corrected chi connectivity index (χ1v) is 6.25. The summed E-state index contributed by atoms with van der Waals surface area (Å²) in [5.74, 6) is 0.682. The van der Waals surface area contributed by atoms with E-state index in [1.807, 2.05) is 37.4 Å². The maximum absolute atomic E-state index is 13.5. The molecule has 3 heteroatoms. The Hall–Kier alpha value is -2.29. The predicted molar refractivity (Wildman–Crippen MR) is 72.6 cm³/mol. The van der Waals surface area contributed by atoms with E-state index in [4.69, 9.17) is 4.74 Å². The number of para-hydroxylation sites is 1. The van der Waals surface area contributed by atoms with Crippen LogP contribution >= 0.6 is 0 Å². The molecule has 0 atom stereocenters. The minimum absolute atomic E-state index is 0.209. The van der Waals surface area contributed by atoms with Crippen LogP contribution in [0.1, 0.15) is 5.56 Å². The second-order valence-electron chi connectivity index (χ2n) is 4.83. The Morgan fingerprint density at radius 3 is 2.89 bits per heavy atom. The zero-order chi connectivity index (χ0) is 13.0. The summed E-state index contributed by atoms with van der Waals surface area (Å²) in [7, 11) is 2.02. The van der Waals surface area contributed by atoms with Crippen molar-refractivity contribution in [1.29, 1.82) is 0 Å². The Labute approximate surface area is 110 Å². The highest BCUT2D eigenvalue weighted by Crippen LogP contribution is 2.41. The van der Waals surface area contributed by atoms with Gasteiger partial charge < -0.3 is 9.30 Å². The van der Waals surface area contributed by atoms with E-state index in [0.29, 0.717) is 6.61 Å². The monoisotopic (exact) mass is 253 g/mol. The van der Waals surface area contributed by atoms with Gasteiger partial charge in [0.15, 0.2) is 0 Å². The van der Waals surface area contributed by atoms with Gasteiger partial charge in [-0.15, -0.1) is 0 Å². The molecule has 0 fully saturated rings. The lowest BCUT2D eigenvalue weighted by atomic mass is 10.0. The van der Waals surface area contributed by atoms with E-state index in [-0.39, 0.29) is 5.82 Å². The van der Waals surface area contributed by atoms with Gasteiger partial charge in [-0.2, -0.15) is 0 Å². The summed E-state index contributed by atoms with van der Waals surface area (Å²) in [6.45, 7) is 0.493. The number of nitrogens with zero attached hydrogens (tertiary/aromatic N) is 1. The van der Waals surface area contributed by atoms with Crippen LogP contribution in [0.25, 0.3) is 22.2 Å². The average molecular weight is 253 g/mol. The van der Waals surface area contributed by atoms with Gasteiger partial charge in [0.2, 0.25) is 0 Å². The lowest BCUT2D eigenvalue weighted by molar-refractivity contribution is 0.303. The molecule has 1 aliphatic heterocycles. The van der Waals surface area contributed by atoms with Gasteiger partial charge in [-0.1, -0.05) is 12.1 Å². The van der Waals surface area contributed by atoms with Gasteiger partial charge in [-0.05, 0) is 30.3 Å². The fourth-order valence-corrected chi connectivity index (χ4v) is 2.92. The number of hydrogen-bond donors (Lipinski definition) is 0. The molecule has 1 aromatic heterocycles. The summed E-state index contributed by atoms with van der Waals surface area (Å²) in [6, 6.07) is 12.9. The SMILES string of the molecule is Cn1c2c(c3cc(F)ccc31)COc1ccccc1-2. The molecule has 0 unspecified atom stereocenters. The van der Waals surface area contributed by atoms with Crippen molar-refractivity contribution in [2.75, 3.05) is 0 Å². The van der Waals surface area contributed by atoms with Crippen LogP contribution in [0.2, 0.25) is 0 Å². The molecular weight excluding hydrogens is 241 g/mol. The topological polar surface area (TPSA) is 14.2 Å². The number of rotatable bonds is 0. The van der Waals surface area contributed by atoms with Gasteiger partial charge in [0.05, 0.1) is 5.69 Å². The van der Waals surface area contributed by atoms with Crippen molar-refractivity contribution >= 4 is 10.9 Å². The zero-order valence-corrected chi connectivity index (χ0v) is 10.5. The standard InChI is InChI=1S/C16H12FNO/c1-18-14-7-6-10(17)8-12(14)13-9-19-15-5-3-2-4-11(15)16(13)18/h2-8H,9H2,1H3. The van der Waals surface area contributed by atoms with Gasteiger partial charge >= 0.3 is 0 Å². The van der Waals surface area contributed by atoms with Crippen LogP contribution in [-0.4, -0.2) is 4.57 Å². The van der Waals surface area contributed by atoms with Crippen LogP contribution in [-0.2, 0) is 13.7 Å². The number of fused-ring (bicyclic) bond motifs is 5. The largest absolute Gasteiger partial charge is 0.488 e. The second kappa shape index (κ2) is 3.60. The summed E-state index contributed by atoms with van der Waals surface area (Å²) in [4.78, 5) is 0. The van der Waals surface area contributed by atoms with Crippen molar-refractivity contribution < 1.29 is 9.13 Å². The molecule has 0 saturated carbocycles. The molecule has 4 rings (SSSR count). The quantitative estimate of drug-likeness (QED) is 0.593. The Balaban J connectivity index is 2.14. The number of benzene rings is 2. The van der Waals surface area contributed by atoms with E-state index in [1.54, 1.807) is 6.07 Å². The summed E-state index contributed by atoms with van der Waals surface area (Å²) >= 11 is 0. The lowest BCUT2D eigenvalue weighted by Crippen LogP contribution is -2.06. The van der Waals surface area contributed by atoms with E-state index < -0.39 is 0 Å². The Morgan fingerprint density at radius 2 is 2.00 bits per heavy atom. The van der Waals surface area contributed by atoms with Gasteiger partial charge in [0.25, 0.3) is 0 Å². The first-order valence-electron chi connectivity index (χ1n) is 6.25. The van der Waals surface area contributed by atoms with Crippen molar-refractivity contribution in [2.45, 2.75) is 6.61 Å². The van der Waals surface area contributed by atoms with Crippen molar-refractivity contribution in [3.63, 3.8) is 0 Å². The maximum atomic E-state index is 13.5. The Kier molecular flexibility index (Phi) is 2.01. The van der Waals surface area contributed by atoms with Gasteiger partial charge in [-0.25, -0.2) is 4.39 Å². The predicted octanol–water partition coefficient (Wildman–Crippen LogP) is 3.88. The maximum Gasteiger partial charge on any atom is 0.129 e. The van der Waals surface area contributed by atoms with Crippen LogP contribution in [0, 0.1) is 5.82 Å². The molecule has 2 heterocycles. The van der Waals surface area contributed by atoms with E-state index in [1.165, 1.54) is 6.07 Å². The van der Waals surface area contributed by atoms with Crippen LogP contribution in [0.3, 0.4) is 0 Å². The first kappa shape index (κ1) is 10.6. The molecule has 3 aromatic rings. The van der Waals surface area contributed by atoms with E-state index in [0.717, 1.165) is 33.5 Å². The van der Waals surface area contributed by atoms with Gasteiger partial charge in [-0.3, -0.25) is 0 Å². The summed E-state index contributed by atoms with van der Waals surface area (Å²) in [5, 5.41) is 0.937. The summed E-state index contributed by atoms with van der Waals surface area (Å²) < 4.78 is 21.4. The number of hydrogen-bond acceptors (Lipinski definition) is 1. The molecule has 1 aliphatic rings. The fraction of sp³-hybridized carbons (Fsp3) is 0.125. The second-order valence-corrected chi connectivity index (χ2v) is 4.83. The third-order valence-corrected chi connectivity index (χ3v) is 3.78. The molecule has 0 aliphatic carbocycles. The smallest absolute Gasteiger partial charge is 0.129 e. The number of halogens is 1. The molecule has 19 heavy (non-hydrogen) atoms. The van der Waals surface area contributed by atoms with Crippen molar-refractivity contribution in [2.24, 2.45) is 7.05 Å². The highest BCUT2D eigenvalue weighted by Gasteiger charge is 2.23. The zero-order valence-electron chi connectivity index (χ0n) is 10.5. The van der Waals surface area contributed by atoms with Gasteiger partial charge in [0, 0.05) is 29.1 Å². The van der Waals surface area contributed by atoms with Crippen molar-refractivity contribution in [3.8, 4) is 17.0 Å². The van der Waals surface area contributed by atoms with E-state index in [2.05, 4.69) is 4.57 Å². The summed E-state index contributed by atoms with van der Waals surface area (Å²) in [5.41, 5.74) is 4.30. The number of ether oxygens (including phenoxy) is 1. The molecule has 94 valence electrons. The first-order chi connectivity index (χ1) is 9.25. The lowest BCUT2D eigenvalue weighted by Gasteiger charge is -2.19. The highest BCUT2D eigenvalue weighted by atomic mass is 19.1. The van der Waals surface area contributed by atoms with Crippen LogP contribution < -0.4 is 4.74 Å². The normalized spacial score (nSPS) is 12.9. The molecular formula is C16H12FNO. The molecule has 0 saturated heterocycles. The molecule has 2 nitrogen and oxygen atoms in total. The van der Waals surface area contributed by atoms with Gasteiger partial charge in [0.1, 0.15) is 18.2 Å². The highest BCUT2D eigenvalue weighted by molar-refractivity contribution is 5.93. The van der Waals surface area contributed by atoms with E-state index in [9.17, 15) is 4.39 Å². The minimum Gasteiger partial charge on any atom is -0.488 e. The molecule has 0 bridgehead atoms. The van der Waals surface area contributed by atoms with Crippen molar-refractivity contribution in [1.82, 2.24) is 4.57 Å².